The van der Waals surface area contributed by atoms with Crippen molar-refractivity contribution in [2.75, 3.05) is 33.4 Å². The molecule has 1 aliphatic heterocycles. The lowest BCUT2D eigenvalue weighted by atomic mass is 10.1. The first-order chi connectivity index (χ1) is 7.19. The monoisotopic (exact) mass is 209 g/mol. The maximum Gasteiger partial charge on any atom is 0.185 e. The van der Waals surface area contributed by atoms with Gasteiger partial charge in [0.25, 0.3) is 0 Å². The lowest BCUT2D eigenvalue weighted by molar-refractivity contribution is 0.174. The number of rotatable bonds is 5. The summed E-state index contributed by atoms with van der Waals surface area (Å²) < 4.78 is 5.32. The highest BCUT2D eigenvalue weighted by Crippen LogP contribution is 2.16. The van der Waals surface area contributed by atoms with E-state index in [1.165, 1.54) is 0 Å². The van der Waals surface area contributed by atoms with Gasteiger partial charge in [0.15, 0.2) is 6.19 Å². The summed E-state index contributed by atoms with van der Waals surface area (Å²) in [7, 11) is 1.97. The van der Waals surface area contributed by atoms with Gasteiger partial charge in [0.05, 0.1) is 6.61 Å². The van der Waals surface area contributed by atoms with Crippen LogP contribution in [0.1, 0.15) is 13.3 Å². The van der Waals surface area contributed by atoms with E-state index >= 15 is 0 Å². The second kappa shape index (κ2) is 5.62. The van der Waals surface area contributed by atoms with E-state index < -0.39 is 0 Å². The molecular weight excluding hydrogens is 190 g/mol. The molecule has 0 aliphatic carbocycles. The molecular formula is C11H19N3O. The largest absolute Gasteiger partial charge is 0.381 e. The van der Waals surface area contributed by atoms with Gasteiger partial charge in [0, 0.05) is 32.7 Å². The van der Waals surface area contributed by atoms with Crippen molar-refractivity contribution in [3.63, 3.8) is 0 Å². The van der Waals surface area contributed by atoms with Gasteiger partial charge in [-0.3, -0.25) is 4.90 Å². The Morgan fingerprint density at radius 3 is 2.87 bits per heavy atom. The summed E-state index contributed by atoms with van der Waals surface area (Å²) >= 11 is 0. The Kier molecular flexibility index (Phi) is 4.44. The highest BCUT2D eigenvalue weighted by Gasteiger charge is 2.19. The smallest absolute Gasteiger partial charge is 0.185 e. The Morgan fingerprint density at radius 2 is 2.40 bits per heavy atom. The predicted molar refractivity (Wildman–Crippen MR) is 58.7 cm³/mol. The zero-order valence-corrected chi connectivity index (χ0v) is 9.57. The highest BCUT2D eigenvalue weighted by atomic mass is 16.5. The first-order valence-corrected chi connectivity index (χ1v) is 5.34. The zero-order valence-electron chi connectivity index (χ0n) is 9.57. The summed E-state index contributed by atoms with van der Waals surface area (Å²) in [5.74, 6) is 1.34. The van der Waals surface area contributed by atoms with Crippen molar-refractivity contribution >= 4 is 0 Å². The third-order valence-electron chi connectivity index (χ3n) is 2.75. The van der Waals surface area contributed by atoms with Gasteiger partial charge in [0.2, 0.25) is 0 Å². The third-order valence-corrected chi connectivity index (χ3v) is 2.75. The van der Waals surface area contributed by atoms with Gasteiger partial charge in [-0.15, -0.1) is 0 Å². The van der Waals surface area contributed by atoms with Crippen molar-refractivity contribution in [3.05, 3.63) is 12.4 Å². The molecule has 4 heteroatoms. The minimum atomic E-state index is 0.573. The molecule has 0 amide bonds. The first kappa shape index (κ1) is 11.9. The second-order valence-electron chi connectivity index (χ2n) is 3.87. The molecule has 84 valence electrons. The van der Waals surface area contributed by atoms with E-state index in [4.69, 9.17) is 10.00 Å². The fraction of sp³-hybridized carbons (Fsp3) is 0.727. The average Bonchev–Trinajstić information content (AvgIpc) is 2.72. The van der Waals surface area contributed by atoms with E-state index in [1.54, 1.807) is 4.90 Å². The molecule has 1 unspecified atom stereocenters. The van der Waals surface area contributed by atoms with Crippen LogP contribution in [0, 0.1) is 17.4 Å². The molecule has 0 spiro atoms. The number of hydrogen-bond donors (Lipinski definition) is 0. The zero-order chi connectivity index (χ0) is 11.3. The van der Waals surface area contributed by atoms with Crippen LogP contribution in [0.15, 0.2) is 12.4 Å². The molecule has 0 aromatic rings. The van der Waals surface area contributed by atoms with Gasteiger partial charge in [0.1, 0.15) is 5.82 Å². The number of nitriles is 1. The van der Waals surface area contributed by atoms with Crippen LogP contribution in [0.2, 0.25) is 0 Å². The molecule has 0 saturated carbocycles. The van der Waals surface area contributed by atoms with Crippen molar-refractivity contribution < 1.29 is 4.74 Å². The molecule has 1 fully saturated rings. The normalized spacial score (nSPS) is 19.7. The van der Waals surface area contributed by atoms with E-state index in [-0.39, 0.29) is 0 Å². The van der Waals surface area contributed by atoms with Gasteiger partial charge >= 0.3 is 0 Å². The van der Waals surface area contributed by atoms with Crippen molar-refractivity contribution in [1.29, 1.82) is 5.26 Å². The van der Waals surface area contributed by atoms with Gasteiger partial charge in [-0.05, 0) is 13.3 Å². The number of ether oxygens (including phenoxy) is 1. The Balaban J connectivity index is 2.41. The summed E-state index contributed by atoms with van der Waals surface area (Å²) in [6.07, 6.45) is 3.23. The molecule has 1 rings (SSSR count). The number of hydrogen-bond acceptors (Lipinski definition) is 4. The van der Waals surface area contributed by atoms with Gasteiger partial charge < -0.3 is 9.64 Å². The highest BCUT2D eigenvalue weighted by molar-refractivity contribution is 4.98. The molecule has 0 aromatic heterocycles. The van der Waals surface area contributed by atoms with Crippen molar-refractivity contribution in [3.8, 4) is 6.19 Å². The summed E-state index contributed by atoms with van der Waals surface area (Å²) in [5, 5.41) is 8.87. The van der Waals surface area contributed by atoms with Crippen LogP contribution in [0.5, 0.6) is 0 Å². The molecule has 1 aliphatic rings. The van der Waals surface area contributed by atoms with E-state index in [0.717, 1.165) is 32.0 Å². The molecule has 0 bridgehead atoms. The maximum atomic E-state index is 8.87. The molecule has 0 aromatic carbocycles. The SMILES string of the molecule is C=C(N(C)CC1CCOC1)N(C#N)CC. The fourth-order valence-corrected chi connectivity index (χ4v) is 1.74. The second-order valence-corrected chi connectivity index (χ2v) is 3.87. The number of nitrogens with zero attached hydrogens (tertiary/aromatic N) is 3. The van der Waals surface area contributed by atoms with Crippen LogP contribution >= 0.6 is 0 Å². The Morgan fingerprint density at radius 1 is 1.67 bits per heavy atom. The molecule has 0 radical (unpaired) electrons. The minimum Gasteiger partial charge on any atom is -0.381 e. The summed E-state index contributed by atoms with van der Waals surface area (Å²) in [6, 6.07) is 0. The fourth-order valence-electron chi connectivity index (χ4n) is 1.74. The average molecular weight is 209 g/mol. The van der Waals surface area contributed by atoms with E-state index in [0.29, 0.717) is 12.5 Å². The molecule has 4 nitrogen and oxygen atoms in total. The lowest BCUT2D eigenvalue weighted by Gasteiger charge is -2.28. The quantitative estimate of drug-likeness (QED) is 0.504. The topological polar surface area (TPSA) is 39.5 Å². The van der Waals surface area contributed by atoms with E-state index in [1.807, 2.05) is 18.9 Å². The van der Waals surface area contributed by atoms with Crippen molar-refractivity contribution in [2.45, 2.75) is 13.3 Å². The van der Waals surface area contributed by atoms with Crippen LogP contribution < -0.4 is 0 Å². The lowest BCUT2D eigenvalue weighted by Crippen LogP contribution is -2.33. The molecule has 1 saturated heterocycles. The first-order valence-electron chi connectivity index (χ1n) is 5.34. The van der Waals surface area contributed by atoms with Gasteiger partial charge in [-0.1, -0.05) is 6.58 Å². The molecule has 1 heterocycles. The maximum absolute atomic E-state index is 8.87. The van der Waals surface area contributed by atoms with Crippen LogP contribution in [-0.4, -0.2) is 43.2 Å². The van der Waals surface area contributed by atoms with Crippen LogP contribution in [0.4, 0.5) is 0 Å². The van der Waals surface area contributed by atoms with Crippen LogP contribution in [0.25, 0.3) is 0 Å². The Labute approximate surface area is 91.7 Å². The van der Waals surface area contributed by atoms with E-state index in [2.05, 4.69) is 12.8 Å². The Hall–Kier alpha value is -1.21. The summed E-state index contributed by atoms with van der Waals surface area (Å²) in [5.41, 5.74) is 0. The van der Waals surface area contributed by atoms with Crippen molar-refractivity contribution in [2.24, 2.45) is 5.92 Å². The van der Waals surface area contributed by atoms with Gasteiger partial charge in [-0.25, -0.2) is 0 Å². The molecule has 0 N–H and O–H groups in total. The third kappa shape index (κ3) is 3.14. The minimum absolute atomic E-state index is 0.573. The molecule has 1 atom stereocenters. The van der Waals surface area contributed by atoms with Crippen LogP contribution in [0.3, 0.4) is 0 Å². The summed E-state index contributed by atoms with van der Waals surface area (Å²) in [6.45, 7) is 9.15. The van der Waals surface area contributed by atoms with Crippen molar-refractivity contribution in [1.82, 2.24) is 9.80 Å². The summed E-state index contributed by atoms with van der Waals surface area (Å²) in [4.78, 5) is 3.63. The van der Waals surface area contributed by atoms with Gasteiger partial charge in [-0.2, -0.15) is 5.26 Å². The molecule has 15 heavy (non-hydrogen) atoms. The van der Waals surface area contributed by atoms with E-state index in [9.17, 15) is 0 Å². The standard InChI is InChI=1S/C11H19N3O/c1-4-14(9-12)10(2)13(3)7-11-5-6-15-8-11/h11H,2,4-8H2,1,3H3. The Bertz CT molecular complexity index is 253. The van der Waals surface area contributed by atoms with Crippen LogP contribution in [-0.2, 0) is 4.74 Å². The predicted octanol–water partition coefficient (Wildman–Crippen LogP) is 1.23.